The molecule has 0 radical (unpaired) electrons. The van der Waals surface area contributed by atoms with Gasteiger partial charge in [-0.05, 0) is 40.2 Å². The molecule has 102 valence electrons. The van der Waals surface area contributed by atoms with E-state index in [0.717, 1.165) is 11.4 Å². The number of benzene rings is 2. The molecule has 20 heavy (non-hydrogen) atoms. The molecule has 0 N–H and O–H groups in total. The zero-order valence-electron chi connectivity index (χ0n) is 10.6. The van der Waals surface area contributed by atoms with Crippen LogP contribution in [0.2, 0.25) is 0 Å². The molecule has 0 spiro atoms. The fourth-order valence-electron chi connectivity index (χ4n) is 1.59. The first kappa shape index (κ1) is 14.2. The van der Waals surface area contributed by atoms with Crippen LogP contribution in [0.3, 0.4) is 0 Å². The van der Waals surface area contributed by atoms with E-state index in [2.05, 4.69) is 20.9 Å². The van der Waals surface area contributed by atoms with Crippen molar-refractivity contribution in [2.45, 2.75) is 0 Å². The normalized spacial score (nSPS) is 10.7. The van der Waals surface area contributed by atoms with Gasteiger partial charge in [0.2, 0.25) is 0 Å². The number of hydrogen-bond donors (Lipinski definition) is 0. The highest BCUT2D eigenvalue weighted by Gasteiger charge is 2.13. The van der Waals surface area contributed by atoms with Crippen molar-refractivity contribution in [3.8, 4) is 5.75 Å². The Morgan fingerprint density at radius 2 is 1.95 bits per heavy atom. The number of nitro benzene ring substituents is 1. The molecule has 0 unspecified atom stereocenters. The van der Waals surface area contributed by atoms with E-state index in [9.17, 15) is 10.1 Å². The van der Waals surface area contributed by atoms with Crippen molar-refractivity contribution in [2.75, 3.05) is 7.11 Å². The third kappa shape index (κ3) is 3.21. The van der Waals surface area contributed by atoms with Gasteiger partial charge < -0.3 is 4.74 Å². The maximum Gasteiger partial charge on any atom is 0.284 e. The van der Waals surface area contributed by atoms with Gasteiger partial charge in [-0.3, -0.25) is 15.1 Å². The number of nitrogens with zero attached hydrogens (tertiary/aromatic N) is 2. The van der Waals surface area contributed by atoms with E-state index in [4.69, 9.17) is 4.74 Å². The molecule has 0 atom stereocenters. The molecular weight excluding hydrogens is 324 g/mol. The van der Waals surface area contributed by atoms with Crippen LogP contribution in [-0.4, -0.2) is 18.2 Å². The fraction of sp³-hybridized carbons (Fsp3) is 0.0714. The first-order valence-electron chi connectivity index (χ1n) is 5.73. The second-order valence-electron chi connectivity index (χ2n) is 3.89. The highest BCUT2D eigenvalue weighted by atomic mass is 79.9. The third-order valence-corrected chi connectivity index (χ3v) is 3.49. The summed E-state index contributed by atoms with van der Waals surface area (Å²) >= 11 is 3.23. The van der Waals surface area contributed by atoms with Gasteiger partial charge in [0.1, 0.15) is 10.2 Å². The van der Waals surface area contributed by atoms with E-state index < -0.39 is 4.92 Å². The quantitative estimate of drug-likeness (QED) is 0.480. The van der Waals surface area contributed by atoms with E-state index in [1.807, 2.05) is 0 Å². The molecule has 0 heterocycles. The minimum Gasteiger partial charge on any atom is -0.497 e. The summed E-state index contributed by atoms with van der Waals surface area (Å²) in [6.45, 7) is 0. The van der Waals surface area contributed by atoms with Crippen molar-refractivity contribution in [1.82, 2.24) is 0 Å². The Bertz CT molecular complexity index is 654. The number of ether oxygens (including phenoxy) is 1. The molecule has 2 rings (SSSR count). The van der Waals surface area contributed by atoms with E-state index in [0.29, 0.717) is 10.0 Å². The van der Waals surface area contributed by atoms with Gasteiger partial charge in [0.05, 0.1) is 17.7 Å². The summed E-state index contributed by atoms with van der Waals surface area (Å²) in [6, 6.07) is 12.0. The first-order chi connectivity index (χ1) is 9.61. The summed E-state index contributed by atoms with van der Waals surface area (Å²) in [5.74, 6) is 0.750. The van der Waals surface area contributed by atoms with Gasteiger partial charge in [-0.15, -0.1) is 0 Å². The molecule has 0 aliphatic rings. The molecular formula is C14H11BrN2O3. The Hall–Kier alpha value is -2.21. The van der Waals surface area contributed by atoms with Crippen molar-refractivity contribution in [2.24, 2.45) is 4.99 Å². The van der Waals surface area contributed by atoms with Crippen LogP contribution in [-0.2, 0) is 0 Å². The monoisotopic (exact) mass is 334 g/mol. The molecule has 0 aliphatic heterocycles. The van der Waals surface area contributed by atoms with Crippen molar-refractivity contribution in [1.29, 1.82) is 0 Å². The summed E-state index contributed by atoms with van der Waals surface area (Å²) in [6.07, 6.45) is 1.58. The van der Waals surface area contributed by atoms with Crippen molar-refractivity contribution in [3.05, 3.63) is 62.6 Å². The molecule has 0 fully saturated rings. The largest absolute Gasteiger partial charge is 0.497 e. The number of rotatable bonds is 4. The highest BCUT2D eigenvalue weighted by Crippen LogP contribution is 2.27. The summed E-state index contributed by atoms with van der Waals surface area (Å²) in [7, 11) is 1.60. The predicted octanol–water partition coefficient (Wildman–Crippen LogP) is 4.12. The molecule has 0 saturated carbocycles. The van der Waals surface area contributed by atoms with Crippen LogP contribution in [0.15, 0.2) is 51.9 Å². The Labute approximate surface area is 124 Å². The smallest absolute Gasteiger partial charge is 0.284 e. The SMILES string of the molecule is COc1ccc(N=Cc2cccc([N+](=O)[O-])c2Br)cc1. The van der Waals surface area contributed by atoms with Gasteiger partial charge in [-0.1, -0.05) is 12.1 Å². The van der Waals surface area contributed by atoms with Gasteiger partial charge in [0, 0.05) is 17.8 Å². The Balaban J connectivity index is 2.26. The van der Waals surface area contributed by atoms with Crippen LogP contribution in [0.5, 0.6) is 5.75 Å². The number of methoxy groups -OCH3 is 1. The van der Waals surface area contributed by atoms with E-state index in [1.54, 1.807) is 49.7 Å². The lowest BCUT2D eigenvalue weighted by Crippen LogP contribution is -1.92. The standard InChI is InChI=1S/C14H11BrN2O3/c1-20-12-7-5-11(6-8-12)16-9-10-3-2-4-13(14(10)15)17(18)19/h2-9H,1H3. The lowest BCUT2D eigenvalue weighted by atomic mass is 10.2. The lowest BCUT2D eigenvalue weighted by molar-refractivity contribution is -0.385. The Morgan fingerprint density at radius 3 is 2.55 bits per heavy atom. The second kappa shape index (κ2) is 6.29. The number of aliphatic imine (C=N–C) groups is 1. The van der Waals surface area contributed by atoms with Gasteiger partial charge in [-0.2, -0.15) is 0 Å². The van der Waals surface area contributed by atoms with E-state index in [-0.39, 0.29) is 5.69 Å². The molecule has 6 heteroatoms. The van der Waals surface area contributed by atoms with Crippen molar-refractivity contribution in [3.63, 3.8) is 0 Å². The predicted molar refractivity (Wildman–Crippen MR) is 81.0 cm³/mol. The zero-order valence-corrected chi connectivity index (χ0v) is 12.2. The lowest BCUT2D eigenvalue weighted by Gasteiger charge is -2.00. The Kier molecular flexibility index (Phi) is 4.47. The fourth-order valence-corrected chi connectivity index (χ4v) is 2.10. The molecule has 2 aromatic carbocycles. The average Bonchev–Trinajstić information content (AvgIpc) is 2.46. The van der Waals surface area contributed by atoms with Crippen LogP contribution in [0.25, 0.3) is 0 Å². The third-order valence-electron chi connectivity index (χ3n) is 2.63. The van der Waals surface area contributed by atoms with Gasteiger partial charge in [0.25, 0.3) is 5.69 Å². The van der Waals surface area contributed by atoms with Gasteiger partial charge >= 0.3 is 0 Å². The molecule has 0 aromatic heterocycles. The first-order valence-corrected chi connectivity index (χ1v) is 6.52. The number of halogens is 1. The van der Waals surface area contributed by atoms with Crippen LogP contribution in [0.4, 0.5) is 11.4 Å². The minimum atomic E-state index is -0.436. The summed E-state index contributed by atoms with van der Waals surface area (Å²) in [4.78, 5) is 14.7. The van der Waals surface area contributed by atoms with Crippen LogP contribution in [0.1, 0.15) is 5.56 Å². The maximum atomic E-state index is 10.8. The topological polar surface area (TPSA) is 64.7 Å². The molecule has 0 bridgehead atoms. The molecule has 2 aromatic rings. The molecule has 0 amide bonds. The maximum absolute atomic E-state index is 10.8. The van der Waals surface area contributed by atoms with E-state index in [1.165, 1.54) is 6.07 Å². The van der Waals surface area contributed by atoms with Crippen LogP contribution < -0.4 is 4.74 Å². The average molecular weight is 335 g/mol. The Morgan fingerprint density at radius 1 is 1.25 bits per heavy atom. The summed E-state index contributed by atoms with van der Waals surface area (Å²) in [5, 5.41) is 10.8. The van der Waals surface area contributed by atoms with E-state index >= 15 is 0 Å². The van der Waals surface area contributed by atoms with Crippen LogP contribution in [0, 0.1) is 10.1 Å². The van der Waals surface area contributed by atoms with Crippen molar-refractivity contribution < 1.29 is 9.66 Å². The zero-order chi connectivity index (χ0) is 14.5. The summed E-state index contributed by atoms with van der Waals surface area (Å²) < 4.78 is 5.48. The highest BCUT2D eigenvalue weighted by molar-refractivity contribution is 9.10. The minimum absolute atomic E-state index is 0.0173. The van der Waals surface area contributed by atoms with Gasteiger partial charge in [-0.25, -0.2) is 0 Å². The van der Waals surface area contributed by atoms with Crippen molar-refractivity contribution >= 4 is 33.5 Å². The van der Waals surface area contributed by atoms with Crippen LogP contribution >= 0.6 is 15.9 Å². The molecule has 0 saturated heterocycles. The molecule has 0 aliphatic carbocycles. The van der Waals surface area contributed by atoms with Gasteiger partial charge in [0.15, 0.2) is 0 Å². The second-order valence-corrected chi connectivity index (χ2v) is 4.69. The summed E-state index contributed by atoms with van der Waals surface area (Å²) in [5.41, 5.74) is 1.41. The molecule has 5 nitrogen and oxygen atoms in total. The number of nitro groups is 1. The number of hydrogen-bond acceptors (Lipinski definition) is 4.